The lowest BCUT2D eigenvalue weighted by molar-refractivity contribution is 0.104. The van der Waals surface area contributed by atoms with Crippen molar-refractivity contribution in [1.82, 2.24) is 9.80 Å². The maximum atomic E-state index is 12.4. The molecule has 0 radical (unpaired) electrons. The van der Waals surface area contributed by atoms with Gasteiger partial charge in [0.05, 0.1) is 0 Å². The third kappa shape index (κ3) is 5.89. The standard InChI is InChI=1S/C28H39N3O2/c1-4-13-30-15-17-31(18-16-30)25-10-11-26-24(19-22(2)27(26)20-25)12-14-29(3)28(32)33-21-23-8-6-5-7-9-23/h5-11,20,22,24H,4,12-19,21H2,1-3H3/t22-,24-/m1/s1. The molecular formula is C28H39N3O2. The average Bonchev–Trinajstić information content (AvgIpc) is 3.17. The van der Waals surface area contributed by atoms with Crippen LogP contribution in [0.3, 0.4) is 0 Å². The fourth-order valence-electron chi connectivity index (χ4n) is 5.33. The molecule has 1 amide bonds. The summed E-state index contributed by atoms with van der Waals surface area (Å²) in [5, 5.41) is 0. The number of carbonyl (C=O) groups excluding carboxylic acids is 1. The van der Waals surface area contributed by atoms with E-state index in [0.717, 1.165) is 44.6 Å². The Kier molecular flexibility index (Phi) is 7.92. The maximum Gasteiger partial charge on any atom is 0.409 e. The predicted octanol–water partition coefficient (Wildman–Crippen LogP) is 5.47. The molecule has 0 aromatic heterocycles. The number of hydrogen-bond donors (Lipinski definition) is 0. The van der Waals surface area contributed by atoms with E-state index < -0.39 is 0 Å². The molecule has 178 valence electrons. The minimum absolute atomic E-state index is 0.248. The van der Waals surface area contributed by atoms with Crippen LogP contribution >= 0.6 is 0 Å². The minimum atomic E-state index is -0.248. The first-order valence-corrected chi connectivity index (χ1v) is 12.6. The Balaban J connectivity index is 1.30. The zero-order valence-electron chi connectivity index (χ0n) is 20.5. The van der Waals surface area contributed by atoms with E-state index in [9.17, 15) is 4.79 Å². The van der Waals surface area contributed by atoms with Gasteiger partial charge < -0.3 is 14.5 Å². The van der Waals surface area contributed by atoms with Crippen molar-refractivity contribution in [3.8, 4) is 0 Å². The number of hydrogen-bond acceptors (Lipinski definition) is 4. The lowest BCUT2D eigenvalue weighted by atomic mass is 9.97. The smallest absolute Gasteiger partial charge is 0.409 e. The molecule has 2 atom stereocenters. The number of piperazine rings is 1. The minimum Gasteiger partial charge on any atom is -0.445 e. The van der Waals surface area contributed by atoms with Gasteiger partial charge in [-0.2, -0.15) is 0 Å². The van der Waals surface area contributed by atoms with Gasteiger partial charge in [-0.3, -0.25) is 4.90 Å². The first-order chi connectivity index (χ1) is 16.0. The second kappa shape index (κ2) is 11.1. The van der Waals surface area contributed by atoms with E-state index in [-0.39, 0.29) is 6.09 Å². The van der Waals surface area contributed by atoms with Crippen LogP contribution in [0.15, 0.2) is 48.5 Å². The Labute approximate surface area is 199 Å². The SMILES string of the molecule is CCCN1CCN(c2ccc3c(c2)[C@H](C)C[C@H]3CCN(C)C(=O)OCc2ccccc2)CC1. The predicted molar refractivity (Wildman–Crippen MR) is 135 cm³/mol. The Morgan fingerprint density at radius 2 is 1.82 bits per heavy atom. The highest BCUT2D eigenvalue weighted by atomic mass is 16.6. The third-order valence-corrected chi connectivity index (χ3v) is 7.29. The molecule has 1 saturated heterocycles. The van der Waals surface area contributed by atoms with Crippen molar-refractivity contribution in [2.75, 3.05) is 51.2 Å². The summed E-state index contributed by atoms with van der Waals surface area (Å²) in [7, 11) is 1.84. The van der Waals surface area contributed by atoms with Gasteiger partial charge in [-0.1, -0.05) is 50.2 Å². The molecule has 1 aliphatic heterocycles. The van der Waals surface area contributed by atoms with Crippen LogP contribution < -0.4 is 4.90 Å². The molecule has 1 aliphatic carbocycles. The lowest BCUT2D eigenvalue weighted by Gasteiger charge is -2.36. The fraction of sp³-hybridized carbons (Fsp3) is 0.536. The van der Waals surface area contributed by atoms with Gasteiger partial charge in [-0.05, 0) is 66.5 Å². The van der Waals surface area contributed by atoms with Gasteiger partial charge in [-0.25, -0.2) is 4.79 Å². The quantitative estimate of drug-likeness (QED) is 0.536. The van der Waals surface area contributed by atoms with E-state index in [0.29, 0.717) is 25.0 Å². The van der Waals surface area contributed by atoms with Crippen LogP contribution in [-0.4, -0.2) is 62.2 Å². The van der Waals surface area contributed by atoms with Crippen LogP contribution in [0.4, 0.5) is 10.5 Å². The van der Waals surface area contributed by atoms with Crippen molar-refractivity contribution in [3.63, 3.8) is 0 Å². The molecule has 5 nitrogen and oxygen atoms in total. The normalized spacial score (nSPS) is 20.5. The largest absolute Gasteiger partial charge is 0.445 e. The van der Waals surface area contributed by atoms with Gasteiger partial charge >= 0.3 is 6.09 Å². The highest BCUT2D eigenvalue weighted by molar-refractivity contribution is 5.67. The van der Waals surface area contributed by atoms with Gasteiger partial charge in [0.1, 0.15) is 6.61 Å². The molecular weight excluding hydrogens is 410 g/mol. The summed E-state index contributed by atoms with van der Waals surface area (Å²) >= 11 is 0. The molecule has 4 rings (SSSR count). The van der Waals surface area contributed by atoms with Crippen LogP contribution in [-0.2, 0) is 11.3 Å². The number of carbonyl (C=O) groups is 1. The van der Waals surface area contributed by atoms with Crippen LogP contribution in [0.25, 0.3) is 0 Å². The number of ether oxygens (including phenoxy) is 1. The second-order valence-electron chi connectivity index (χ2n) is 9.73. The highest BCUT2D eigenvalue weighted by Crippen LogP contribution is 2.44. The van der Waals surface area contributed by atoms with Crippen molar-refractivity contribution < 1.29 is 9.53 Å². The molecule has 2 aliphatic rings. The Hall–Kier alpha value is -2.53. The summed E-state index contributed by atoms with van der Waals surface area (Å²) in [5.74, 6) is 1.08. The van der Waals surface area contributed by atoms with Crippen molar-refractivity contribution in [2.24, 2.45) is 0 Å². The van der Waals surface area contributed by atoms with Crippen molar-refractivity contribution in [1.29, 1.82) is 0 Å². The summed E-state index contributed by atoms with van der Waals surface area (Å²) < 4.78 is 5.48. The van der Waals surface area contributed by atoms with Gasteiger partial charge in [0, 0.05) is 45.5 Å². The summed E-state index contributed by atoms with van der Waals surface area (Å²) in [4.78, 5) is 19.2. The molecule has 0 unspecified atom stereocenters. The number of nitrogens with zero attached hydrogens (tertiary/aromatic N) is 3. The summed E-state index contributed by atoms with van der Waals surface area (Å²) in [6.07, 6.45) is 3.12. The first-order valence-electron chi connectivity index (χ1n) is 12.6. The molecule has 0 N–H and O–H groups in total. The molecule has 0 saturated carbocycles. The van der Waals surface area contributed by atoms with Crippen LogP contribution in [0, 0.1) is 0 Å². The molecule has 1 fully saturated rings. The number of fused-ring (bicyclic) bond motifs is 1. The Morgan fingerprint density at radius 3 is 2.55 bits per heavy atom. The number of amides is 1. The van der Waals surface area contributed by atoms with E-state index >= 15 is 0 Å². The fourth-order valence-corrected chi connectivity index (χ4v) is 5.33. The third-order valence-electron chi connectivity index (χ3n) is 7.29. The zero-order valence-corrected chi connectivity index (χ0v) is 20.5. The topological polar surface area (TPSA) is 36.0 Å². The van der Waals surface area contributed by atoms with Crippen molar-refractivity contribution in [3.05, 3.63) is 65.2 Å². The van der Waals surface area contributed by atoms with E-state index in [4.69, 9.17) is 4.74 Å². The Bertz CT molecular complexity index is 909. The zero-order chi connectivity index (χ0) is 23.2. The highest BCUT2D eigenvalue weighted by Gasteiger charge is 2.29. The molecule has 2 aromatic carbocycles. The lowest BCUT2D eigenvalue weighted by Crippen LogP contribution is -2.46. The molecule has 2 aromatic rings. The molecule has 0 bridgehead atoms. The van der Waals surface area contributed by atoms with Gasteiger partial charge in [0.2, 0.25) is 0 Å². The van der Waals surface area contributed by atoms with E-state index in [1.54, 1.807) is 4.90 Å². The number of benzene rings is 2. The molecule has 5 heteroatoms. The molecule has 0 spiro atoms. The van der Waals surface area contributed by atoms with Crippen LogP contribution in [0.5, 0.6) is 0 Å². The van der Waals surface area contributed by atoms with E-state index in [1.165, 1.54) is 29.8 Å². The number of anilines is 1. The van der Waals surface area contributed by atoms with Crippen molar-refractivity contribution >= 4 is 11.8 Å². The summed E-state index contributed by atoms with van der Waals surface area (Å²) in [5.41, 5.74) is 5.36. The van der Waals surface area contributed by atoms with Crippen LogP contribution in [0.1, 0.15) is 61.6 Å². The average molecular weight is 450 g/mol. The van der Waals surface area contributed by atoms with Gasteiger partial charge in [-0.15, -0.1) is 0 Å². The summed E-state index contributed by atoms with van der Waals surface area (Å²) in [6, 6.07) is 16.9. The summed E-state index contributed by atoms with van der Waals surface area (Å²) in [6.45, 7) is 11.4. The maximum absolute atomic E-state index is 12.4. The van der Waals surface area contributed by atoms with Crippen molar-refractivity contribution in [2.45, 2.75) is 51.6 Å². The first kappa shape index (κ1) is 23.6. The molecule has 33 heavy (non-hydrogen) atoms. The van der Waals surface area contributed by atoms with Gasteiger partial charge in [0.25, 0.3) is 0 Å². The Morgan fingerprint density at radius 1 is 1.06 bits per heavy atom. The molecule has 1 heterocycles. The van der Waals surface area contributed by atoms with Gasteiger partial charge in [0.15, 0.2) is 0 Å². The van der Waals surface area contributed by atoms with Crippen LogP contribution in [0.2, 0.25) is 0 Å². The second-order valence-corrected chi connectivity index (χ2v) is 9.73. The van der Waals surface area contributed by atoms with E-state index in [1.807, 2.05) is 37.4 Å². The monoisotopic (exact) mass is 449 g/mol. The van der Waals surface area contributed by atoms with E-state index in [2.05, 4.69) is 41.8 Å². The number of rotatable bonds is 8.